The highest BCUT2D eigenvalue weighted by molar-refractivity contribution is 5.34. The van der Waals surface area contributed by atoms with Crippen LogP contribution in [-0.4, -0.2) is 17.4 Å². The number of hydrogen-bond donors (Lipinski definition) is 1. The first-order valence-electron chi connectivity index (χ1n) is 4.28. The average Bonchev–Trinajstić information content (AvgIpc) is 2.18. The van der Waals surface area contributed by atoms with Crippen LogP contribution in [0.1, 0.15) is 5.56 Å². The molecular weight excluding hydrogens is 206 g/mol. The van der Waals surface area contributed by atoms with E-state index in [-0.39, 0.29) is 12.1 Å². The van der Waals surface area contributed by atoms with Crippen molar-refractivity contribution in [3.63, 3.8) is 0 Å². The van der Waals surface area contributed by atoms with Crippen LogP contribution in [0.2, 0.25) is 0 Å². The molecule has 0 aliphatic heterocycles. The third-order valence-electron chi connectivity index (χ3n) is 1.92. The smallest absolute Gasteiger partial charge is 0.269 e. The maximum Gasteiger partial charge on any atom is 0.269 e. The van der Waals surface area contributed by atoms with Gasteiger partial charge in [-0.25, -0.2) is 8.78 Å². The van der Waals surface area contributed by atoms with Crippen molar-refractivity contribution < 1.29 is 13.7 Å². The van der Waals surface area contributed by atoms with Gasteiger partial charge in [0.25, 0.3) is 12.1 Å². The van der Waals surface area contributed by atoms with E-state index in [1.165, 1.54) is 24.3 Å². The molecule has 0 fully saturated rings. The van der Waals surface area contributed by atoms with Crippen LogP contribution in [-0.2, 0) is 6.42 Å². The maximum absolute atomic E-state index is 12.1. The number of non-ortho nitro benzene ring substituents is 1. The molecule has 4 nitrogen and oxygen atoms in total. The number of rotatable bonds is 4. The number of nitrogens with zero attached hydrogens (tertiary/aromatic N) is 1. The second-order valence-corrected chi connectivity index (χ2v) is 3.13. The van der Waals surface area contributed by atoms with Gasteiger partial charge in [-0.2, -0.15) is 0 Å². The van der Waals surface area contributed by atoms with E-state index in [9.17, 15) is 18.9 Å². The summed E-state index contributed by atoms with van der Waals surface area (Å²) >= 11 is 0. The van der Waals surface area contributed by atoms with Crippen LogP contribution in [0.3, 0.4) is 0 Å². The Morgan fingerprint density at radius 3 is 2.67 bits per heavy atom. The Bertz CT molecular complexity index is 358. The van der Waals surface area contributed by atoms with Crippen LogP contribution in [0, 0.1) is 10.1 Å². The highest BCUT2D eigenvalue weighted by Gasteiger charge is 2.16. The van der Waals surface area contributed by atoms with Crippen molar-refractivity contribution >= 4 is 5.69 Å². The van der Waals surface area contributed by atoms with Gasteiger partial charge in [0.2, 0.25) is 0 Å². The van der Waals surface area contributed by atoms with Gasteiger partial charge >= 0.3 is 0 Å². The van der Waals surface area contributed by atoms with E-state index in [2.05, 4.69) is 0 Å². The zero-order chi connectivity index (χ0) is 11.4. The third-order valence-corrected chi connectivity index (χ3v) is 1.92. The minimum Gasteiger partial charge on any atom is -0.323 e. The Morgan fingerprint density at radius 2 is 2.13 bits per heavy atom. The van der Waals surface area contributed by atoms with Gasteiger partial charge in [-0.3, -0.25) is 10.1 Å². The molecule has 82 valence electrons. The molecule has 2 N–H and O–H groups in total. The molecule has 0 aliphatic carbocycles. The molecule has 0 aromatic heterocycles. The molecule has 0 spiro atoms. The van der Waals surface area contributed by atoms with Crippen molar-refractivity contribution in [2.24, 2.45) is 5.73 Å². The monoisotopic (exact) mass is 216 g/mol. The van der Waals surface area contributed by atoms with Crippen molar-refractivity contribution in [1.82, 2.24) is 0 Å². The predicted octanol–water partition coefficient (Wildman–Crippen LogP) is 1.73. The van der Waals surface area contributed by atoms with Crippen molar-refractivity contribution in [1.29, 1.82) is 0 Å². The minimum absolute atomic E-state index is 0.0701. The molecule has 1 aromatic carbocycles. The largest absolute Gasteiger partial charge is 0.323 e. The predicted molar refractivity (Wildman–Crippen MR) is 50.8 cm³/mol. The first-order chi connectivity index (χ1) is 7.00. The molecule has 0 heterocycles. The molecular formula is C9H10F2N2O2. The van der Waals surface area contributed by atoms with E-state index in [0.29, 0.717) is 5.56 Å². The van der Waals surface area contributed by atoms with Crippen molar-refractivity contribution in [2.75, 3.05) is 0 Å². The van der Waals surface area contributed by atoms with Crippen molar-refractivity contribution in [3.8, 4) is 0 Å². The lowest BCUT2D eigenvalue weighted by atomic mass is 10.1. The van der Waals surface area contributed by atoms with Crippen molar-refractivity contribution in [2.45, 2.75) is 18.9 Å². The third kappa shape index (κ3) is 3.25. The van der Waals surface area contributed by atoms with Gasteiger partial charge in [0.05, 0.1) is 11.0 Å². The summed E-state index contributed by atoms with van der Waals surface area (Å²) in [5.41, 5.74) is 5.48. The van der Waals surface area contributed by atoms with Crippen LogP contribution in [0.4, 0.5) is 14.5 Å². The molecule has 6 heteroatoms. The van der Waals surface area contributed by atoms with Crippen LogP contribution < -0.4 is 5.73 Å². The Hall–Kier alpha value is -1.56. The molecule has 1 atom stereocenters. The Kier molecular flexibility index (Phi) is 3.68. The number of nitrogens with two attached hydrogens (primary N) is 1. The van der Waals surface area contributed by atoms with Gasteiger partial charge in [0.1, 0.15) is 0 Å². The number of alkyl halides is 2. The molecule has 0 aliphatic rings. The van der Waals surface area contributed by atoms with E-state index in [4.69, 9.17) is 5.73 Å². The van der Waals surface area contributed by atoms with Gasteiger partial charge in [0.15, 0.2) is 0 Å². The van der Waals surface area contributed by atoms with E-state index in [1.807, 2.05) is 0 Å². The zero-order valence-corrected chi connectivity index (χ0v) is 7.77. The fraction of sp³-hybridized carbons (Fsp3) is 0.333. The van der Waals surface area contributed by atoms with Crippen molar-refractivity contribution in [3.05, 3.63) is 39.9 Å². The van der Waals surface area contributed by atoms with Gasteiger partial charge < -0.3 is 5.73 Å². The van der Waals surface area contributed by atoms with E-state index in [1.54, 1.807) is 0 Å². The van der Waals surface area contributed by atoms with Crippen LogP contribution >= 0.6 is 0 Å². The number of benzene rings is 1. The maximum atomic E-state index is 12.1. The summed E-state index contributed by atoms with van der Waals surface area (Å²) in [5.74, 6) is 0. The van der Waals surface area contributed by atoms with Gasteiger partial charge in [-0.05, 0) is 12.0 Å². The Balaban J connectivity index is 2.78. The molecule has 0 radical (unpaired) electrons. The zero-order valence-electron chi connectivity index (χ0n) is 7.77. The summed E-state index contributed by atoms with van der Waals surface area (Å²) in [4.78, 5) is 9.83. The van der Waals surface area contributed by atoms with Gasteiger partial charge in [-0.15, -0.1) is 0 Å². The second kappa shape index (κ2) is 4.79. The summed E-state index contributed by atoms with van der Waals surface area (Å²) in [6.07, 6.45) is -2.69. The van der Waals surface area contributed by atoms with E-state index in [0.717, 1.165) is 0 Å². The molecule has 1 aromatic rings. The number of nitro benzene ring substituents is 1. The van der Waals surface area contributed by atoms with E-state index >= 15 is 0 Å². The average molecular weight is 216 g/mol. The molecule has 0 saturated heterocycles. The fourth-order valence-electron chi connectivity index (χ4n) is 1.16. The lowest BCUT2D eigenvalue weighted by molar-refractivity contribution is -0.384. The lowest BCUT2D eigenvalue weighted by Crippen LogP contribution is -2.30. The van der Waals surface area contributed by atoms with Gasteiger partial charge in [0, 0.05) is 12.1 Å². The summed E-state index contributed by atoms with van der Waals surface area (Å²) in [5, 5.41) is 10.4. The molecule has 15 heavy (non-hydrogen) atoms. The van der Waals surface area contributed by atoms with Crippen LogP contribution in [0.5, 0.6) is 0 Å². The molecule has 0 amide bonds. The normalized spacial score (nSPS) is 12.8. The first kappa shape index (κ1) is 11.5. The number of halogens is 2. The molecule has 1 rings (SSSR count). The Labute approximate surface area is 84.9 Å². The quantitative estimate of drug-likeness (QED) is 0.615. The second-order valence-electron chi connectivity index (χ2n) is 3.13. The molecule has 0 saturated carbocycles. The highest BCUT2D eigenvalue weighted by Crippen LogP contribution is 2.15. The highest BCUT2D eigenvalue weighted by atomic mass is 19.3. The molecule has 0 bridgehead atoms. The fourth-order valence-corrected chi connectivity index (χ4v) is 1.16. The summed E-state index contributed by atoms with van der Waals surface area (Å²) in [6.45, 7) is 0. The topological polar surface area (TPSA) is 69.2 Å². The lowest BCUT2D eigenvalue weighted by Gasteiger charge is -2.09. The number of hydrogen-bond acceptors (Lipinski definition) is 3. The Morgan fingerprint density at radius 1 is 1.47 bits per heavy atom. The minimum atomic E-state index is -2.62. The summed E-state index contributed by atoms with van der Waals surface area (Å²) in [6, 6.07) is 4.26. The van der Waals surface area contributed by atoms with Crippen LogP contribution in [0.15, 0.2) is 24.3 Å². The number of nitro groups is 1. The SMILES string of the molecule is NC(Cc1cccc([N+](=O)[O-])c1)C(F)F. The summed E-state index contributed by atoms with van der Waals surface area (Å²) in [7, 11) is 0. The van der Waals surface area contributed by atoms with E-state index < -0.39 is 17.4 Å². The first-order valence-corrected chi connectivity index (χ1v) is 4.28. The molecule has 1 unspecified atom stereocenters. The standard InChI is InChI=1S/C9H10F2N2O2/c10-9(11)8(12)5-6-2-1-3-7(4-6)13(14)15/h1-4,8-9H,5,12H2. The summed E-state index contributed by atoms with van der Waals surface area (Å²) < 4.78 is 24.2. The van der Waals surface area contributed by atoms with Crippen LogP contribution in [0.25, 0.3) is 0 Å². The van der Waals surface area contributed by atoms with Gasteiger partial charge in [-0.1, -0.05) is 12.1 Å².